The molecular weight excluding hydrogens is 284 g/mol. The first kappa shape index (κ1) is 14.4. The molecule has 0 aliphatic rings. The Morgan fingerprint density at radius 1 is 1.40 bits per heavy atom. The van der Waals surface area contributed by atoms with E-state index < -0.39 is 11.2 Å². The fourth-order valence-corrected chi connectivity index (χ4v) is 2.02. The van der Waals surface area contributed by atoms with Gasteiger partial charge < -0.3 is 0 Å². The quantitative estimate of drug-likeness (QED) is 0.607. The number of allylic oxidation sites excluding steroid dienone is 2. The van der Waals surface area contributed by atoms with Crippen LogP contribution >= 0.6 is 11.6 Å². The maximum Gasteiger partial charge on any atom is 0.332 e. The Bertz CT molecular complexity index is 809. The van der Waals surface area contributed by atoms with Crippen LogP contribution < -0.4 is 22.5 Å². The molecule has 0 amide bonds. The summed E-state index contributed by atoms with van der Waals surface area (Å²) in [6.45, 7) is 2.04. The number of hydrazine groups is 1. The number of nitrogens with one attached hydrogen (secondary N) is 1. The molecule has 0 aliphatic carbocycles. The predicted molar refractivity (Wildman–Crippen MR) is 77.6 cm³/mol. The van der Waals surface area contributed by atoms with Gasteiger partial charge in [0.05, 0.1) is 0 Å². The van der Waals surface area contributed by atoms with E-state index >= 15 is 0 Å². The highest BCUT2D eigenvalue weighted by Gasteiger charge is 2.17. The molecule has 2 aromatic rings. The maximum absolute atomic E-state index is 12.3. The lowest BCUT2D eigenvalue weighted by molar-refractivity contribution is 0.703. The number of rotatable bonds is 3. The van der Waals surface area contributed by atoms with Crippen molar-refractivity contribution in [2.24, 2.45) is 19.9 Å². The standard InChI is InChI=1S/C11H15ClN6O2/c1-6(12)4-5-18-7-8(14-10(18)15-13)16(2)11(20)17(3)9(7)19/h4H,5,13H2,1-3H3,(H,14,15)/b6-4+. The summed E-state index contributed by atoms with van der Waals surface area (Å²) in [7, 11) is 2.96. The van der Waals surface area contributed by atoms with E-state index in [1.807, 2.05) is 0 Å². The summed E-state index contributed by atoms with van der Waals surface area (Å²) >= 11 is 5.81. The lowest BCUT2D eigenvalue weighted by Crippen LogP contribution is -2.37. The molecule has 0 spiro atoms. The van der Waals surface area contributed by atoms with Crippen molar-refractivity contribution in [3.63, 3.8) is 0 Å². The van der Waals surface area contributed by atoms with Crippen LogP contribution in [-0.4, -0.2) is 18.7 Å². The second-order valence-corrected chi connectivity index (χ2v) is 4.96. The number of imidazole rings is 1. The van der Waals surface area contributed by atoms with Crippen LogP contribution in [-0.2, 0) is 20.6 Å². The summed E-state index contributed by atoms with van der Waals surface area (Å²) in [5, 5.41) is 0.580. The van der Waals surface area contributed by atoms with Gasteiger partial charge in [0.25, 0.3) is 5.56 Å². The molecule has 0 saturated carbocycles. The Hall–Kier alpha value is -2.06. The minimum atomic E-state index is -0.445. The lowest BCUT2D eigenvalue weighted by atomic mass is 10.4. The molecule has 108 valence electrons. The first-order valence-corrected chi connectivity index (χ1v) is 6.21. The van der Waals surface area contributed by atoms with Crippen LogP contribution in [0, 0.1) is 0 Å². The minimum Gasteiger partial charge on any atom is -0.299 e. The second kappa shape index (κ2) is 5.14. The van der Waals surface area contributed by atoms with Crippen molar-refractivity contribution >= 4 is 28.7 Å². The Morgan fingerprint density at radius 3 is 2.60 bits per heavy atom. The summed E-state index contributed by atoms with van der Waals surface area (Å²) in [6.07, 6.45) is 1.72. The first-order valence-electron chi connectivity index (χ1n) is 5.83. The van der Waals surface area contributed by atoms with Gasteiger partial charge in [-0.3, -0.25) is 23.9 Å². The average molecular weight is 299 g/mol. The summed E-state index contributed by atoms with van der Waals surface area (Å²) in [5.41, 5.74) is 2.10. The van der Waals surface area contributed by atoms with Crippen LogP contribution in [0.3, 0.4) is 0 Å². The number of nitrogens with zero attached hydrogens (tertiary/aromatic N) is 4. The fraction of sp³-hybridized carbons (Fsp3) is 0.364. The topological polar surface area (TPSA) is 99.9 Å². The first-order chi connectivity index (χ1) is 9.38. The van der Waals surface area contributed by atoms with Crippen molar-refractivity contribution in [2.45, 2.75) is 13.5 Å². The molecule has 0 atom stereocenters. The van der Waals surface area contributed by atoms with Gasteiger partial charge in [0.15, 0.2) is 11.2 Å². The van der Waals surface area contributed by atoms with Gasteiger partial charge >= 0.3 is 5.69 Å². The third-order valence-electron chi connectivity index (χ3n) is 3.03. The SMILES string of the molecule is C/C(Cl)=C\Cn1c(NN)nc2c1c(=O)n(C)c(=O)n2C. The van der Waals surface area contributed by atoms with Crippen molar-refractivity contribution in [3.05, 3.63) is 31.9 Å². The zero-order valence-electron chi connectivity index (χ0n) is 11.3. The zero-order valence-corrected chi connectivity index (χ0v) is 12.1. The largest absolute Gasteiger partial charge is 0.332 e. The Balaban J connectivity index is 2.89. The van der Waals surface area contributed by atoms with Gasteiger partial charge in [-0.25, -0.2) is 10.6 Å². The van der Waals surface area contributed by atoms with E-state index in [4.69, 9.17) is 17.4 Å². The Kier molecular flexibility index (Phi) is 3.69. The molecule has 0 bridgehead atoms. The third kappa shape index (κ3) is 2.12. The van der Waals surface area contributed by atoms with Gasteiger partial charge in [0.1, 0.15) is 0 Å². The molecule has 0 aliphatic heterocycles. The summed E-state index contributed by atoms with van der Waals surface area (Å²) in [5.74, 6) is 5.70. The van der Waals surface area contributed by atoms with Gasteiger partial charge in [0, 0.05) is 25.7 Å². The van der Waals surface area contributed by atoms with Crippen LogP contribution in [0.25, 0.3) is 11.2 Å². The monoisotopic (exact) mass is 298 g/mol. The summed E-state index contributed by atoms with van der Waals surface area (Å²) < 4.78 is 3.90. The number of fused-ring (bicyclic) bond motifs is 1. The highest BCUT2D eigenvalue weighted by molar-refractivity contribution is 6.29. The van der Waals surface area contributed by atoms with Gasteiger partial charge in [-0.15, -0.1) is 0 Å². The number of aryl methyl sites for hydroxylation is 1. The number of nitrogens with two attached hydrogens (primary N) is 1. The number of nitrogen functional groups attached to an aromatic ring is 1. The highest BCUT2D eigenvalue weighted by atomic mass is 35.5. The average Bonchev–Trinajstić information content (AvgIpc) is 2.79. The van der Waals surface area contributed by atoms with Crippen molar-refractivity contribution in [3.8, 4) is 0 Å². The minimum absolute atomic E-state index is 0.270. The van der Waals surface area contributed by atoms with E-state index in [1.54, 1.807) is 24.6 Å². The molecule has 0 aromatic carbocycles. The fourth-order valence-electron chi connectivity index (χ4n) is 1.95. The molecule has 2 rings (SSSR count). The van der Waals surface area contributed by atoms with E-state index in [-0.39, 0.29) is 17.1 Å². The highest BCUT2D eigenvalue weighted by Crippen LogP contribution is 2.15. The van der Waals surface area contributed by atoms with Gasteiger partial charge in [-0.2, -0.15) is 4.98 Å². The molecule has 8 nitrogen and oxygen atoms in total. The van der Waals surface area contributed by atoms with E-state index in [1.165, 1.54) is 11.6 Å². The van der Waals surface area contributed by atoms with Gasteiger partial charge in [0.2, 0.25) is 5.95 Å². The molecule has 2 heterocycles. The molecule has 0 saturated heterocycles. The van der Waals surface area contributed by atoms with E-state index in [0.717, 1.165) is 4.57 Å². The Labute approximate surface area is 119 Å². The number of hydrogen-bond donors (Lipinski definition) is 2. The van der Waals surface area contributed by atoms with Crippen molar-refractivity contribution in [1.82, 2.24) is 18.7 Å². The maximum atomic E-state index is 12.3. The van der Waals surface area contributed by atoms with Crippen molar-refractivity contribution in [1.29, 1.82) is 0 Å². The van der Waals surface area contributed by atoms with E-state index in [2.05, 4.69) is 10.4 Å². The molecule has 2 aromatic heterocycles. The number of halogens is 1. The predicted octanol–water partition coefficient (Wildman–Crippen LogP) is -0.138. The van der Waals surface area contributed by atoms with E-state index in [0.29, 0.717) is 11.6 Å². The van der Waals surface area contributed by atoms with Crippen LogP contribution in [0.5, 0.6) is 0 Å². The van der Waals surface area contributed by atoms with Crippen LogP contribution in [0.1, 0.15) is 6.92 Å². The van der Waals surface area contributed by atoms with Crippen molar-refractivity contribution < 1.29 is 0 Å². The molecule has 0 fully saturated rings. The third-order valence-corrected chi connectivity index (χ3v) is 3.19. The van der Waals surface area contributed by atoms with E-state index in [9.17, 15) is 9.59 Å². The molecule has 0 radical (unpaired) electrons. The van der Waals surface area contributed by atoms with Crippen molar-refractivity contribution in [2.75, 3.05) is 5.43 Å². The normalized spacial score (nSPS) is 12.2. The van der Waals surface area contributed by atoms with Gasteiger partial charge in [-0.1, -0.05) is 17.7 Å². The number of aromatic nitrogens is 4. The number of hydrogen-bond acceptors (Lipinski definition) is 5. The summed E-state index contributed by atoms with van der Waals surface area (Å²) in [6, 6.07) is 0. The van der Waals surface area contributed by atoms with Gasteiger partial charge in [-0.05, 0) is 6.92 Å². The number of anilines is 1. The van der Waals surface area contributed by atoms with Crippen LogP contribution in [0.2, 0.25) is 0 Å². The smallest absolute Gasteiger partial charge is 0.299 e. The second-order valence-electron chi connectivity index (χ2n) is 4.36. The molecule has 9 heteroatoms. The Morgan fingerprint density at radius 2 is 2.05 bits per heavy atom. The summed E-state index contributed by atoms with van der Waals surface area (Å²) in [4.78, 5) is 28.3. The molecule has 20 heavy (non-hydrogen) atoms. The lowest BCUT2D eigenvalue weighted by Gasteiger charge is -2.06. The van der Waals surface area contributed by atoms with Crippen LogP contribution in [0.15, 0.2) is 20.7 Å². The molecule has 3 N–H and O–H groups in total. The molecular formula is C11H15ClN6O2. The van der Waals surface area contributed by atoms with Crippen LogP contribution in [0.4, 0.5) is 5.95 Å². The molecule has 0 unspecified atom stereocenters. The zero-order chi connectivity index (χ0) is 15.0.